The fourth-order valence-corrected chi connectivity index (χ4v) is 5.21. The van der Waals surface area contributed by atoms with Crippen LogP contribution in [0.15, 0.2) is 46.3 Å². The van der Waals surface area contributed by atoms with Crippen molar-refractivity contribution in [2.24, 2.45) is 4.99 Å². The van der Waals surface area contributed by atoms with E-state index in [0.29, 0.717) is 53.3 Å². The fourth-order valence-electron chi connectivity index (χ4n) is 3.16. The number of carbonyl (C=O) groups excluding carboxylic acids is 2. The zero-order chi connectivity index (χ0) is 22.5. The van der Waals surface area contributed by atoms with Crippen LogP contribution in [0, 0.1) is 0 Å². The minimum Gasteiger partial charge on any atom is -0.486 e. The molecule has 0 radical (unpaired) electrons. The average Bonchev–Trinajstić information content (AvgIpc) is 3.12. The molecule has 10 heteroatoms. The van der Waals surface area contributed by atoms with Gasteiger partial charge in [-0.05, 0) is 24.3 Å². The van der Waals surface area contributed by atoms with Crippen LogP contribution in [-0.4, -0.2) is 42.5 Å². The molecule has 7 nitrogen and oxygen atoms in total. The SMILES string of the molecule is COC(=O)CCn1c(=NC(=O)CCSc2ccc(Cl)cc2)sc2cc3c(cc21)OCCO3. The summed E-state index contributed by atoms with van der Waals surface area (Å²) < 4.78 is 18.9. The number of aryl methyl sites for hydroxylation is 1. The number of methoxy groups -OCH3 is 1. The maximum absolute atomic E-state index is 12.6. The Bertz CT molecular complexity index is 1200. The van der Waals surface area contributed by atoms with E-state index in [9.17, 15) is 9.59 Å². The highest BCUT2D eigenvalue weighted by Gasteiger charge is 2.17. The Balaban J connectivity index is 1.57. The molecule has 1 aromatic heterocycles. The van der Waals surface area contributed by atoms with Gasteiger partial charge in [-0.1, -0.05) is 22.9 Å². The number of thiazole rings is 1. The maximum Gasteiger partial charge on any atom is 0.307 e. The van der Waals surface area contributed by atoms with Crippen LogP contribution in [0.4, 0.5) is 0 Å². The number of aromatic nitrogens is 1. The lowest BCUT2D eigenvalue weighted by atomic mass is 10.2. The summed E-state index contributed by atoms with van der Waals surface area (Å²) in [6, 6.07) is 11.3. The van der Waals surface area contributed by atoms with E-state index in [1.165, 1.54) is 18.4 Å². The van der Waals surface area contributed by atoms with E-state index in [0.717, 1.165) is 15.1 Å². The molecule has 3 aromatic rings. The fraction of sp³-hybridized carbons (Fsp3) is 0.318. The van der Waals surface area contributed by atoms with Gasteiger partial charge in [0.05, 0.1) is 23.7 Å². The van der Waals surface area contributed by atoms with Gasteiger partial charge in [0.1, 0.15) is 13.2 Å². The first kappa shape index (κ1) is 22.7. The number of thioether (sulfide) groups is 1. The second kappa shape index (κ2) is 10.4. The number of ether oxygens (including phenoxy) is 3. The number of hydrogen-bond donors (Lipinski definition) is 0. The summed E-state index contributed by atoms with van der Waals surface area (Å²) in [6.45, 7) is 1.32. The highest BCUT2D eigenvalue weighted by Crippen LogP contribution is 2.35. The molecule has 1 amide bonds. The zero-order valence-corrected chi connectivity index (χ0v) is 19.7. The van der Waals surface area contributed by atoms with Crippen molar-refractivity contribution in [2.75, 3.05) is 26.1 Å². The van der Waals surface area contributed by atoms with Crippen LogP contribution in [0.5, 0.6) is 11.5 Å². The number of esters is 1. The Morgan fingerprint density at radius 2 is 1.88 bits per heavy atom. The molecule has 0 aliphatic carbocycles. The summed E-state index contributed by atoms with van der Waals surface area (Å²) in [5.74, 6) is 1.37. The molecule has 2 heterocycles. The third-order valence-electron chi connectivity index (χ3n) is 4.73. The number of amides is 1. The first-order valence-corrected chi connectivity index (χ1v) is 12.2. The Kier molecular flexibility index (Phi) is 7.39. The van der Waals surface area contributed by atoms with Crippen LogP contribution in [0.3, 0.4) is 0 Å². The molecule has 0 bridgehead atoms. The molecule has 0 fully saturated rings. The van der Waals surface area contributed by atoms with Crippen molar-refractivity contribution in [1.29, 1.82) is 0 Å². The van der Waals surface area contributed by atoms with Crippen LogP contribution in [0.25, 0.3) is 10.2 Å². The highest BCUT2D eigenvalue weighted by atomic mass is 35.5. The minimum atomic E-state index is -0.328. The Labute approximate surface area is 198 Å². The van der Waals surface area contributed by atoms with E-state index in [1.807, 2.05) is 41.0 Å². The molecule has 0 unspecified atom stereocenters. The molecular weight excluding hydrogens is 472 g/mol. The molecule has 1 aliphatic rings. The van der Waals surface area contributed by atoms with E-state index in [2.05, 4.69) is 4.99 Å². The van der Waals surface area contributed by atoms with Crippen molar-refractivity contribution >= 4 is 56.8 Å². The van der Waals surface area contributed by atoms with Gasteiger partial charge in [0, 0.05) is 40.8 Å². The number of fused-ring (bicyclic) bond motifs is 2. The molecule has 0 spiro atoms. The van der Waals surface area contributed by atoms with E-state index in [4.69, 9.17) is 25.8 Å². The minimum absolute atomic E-state index is 0.171. The monoisotopic (exact) mass is 492 g/mol. The molecule has 2 aromatic carbocycles. The van der Waals surface area contributed by atoms with Crippen molar-refractivity contribution in [3.05, 3.63) is 46.2 Å². The van der Waals surface area contributed by atoms with E-state index >= 15 is 0 Å². The molecule has 0 saturated carbocycles. The van der Waals surface area contributed by atoms with Gasteiger partial charge < -0.3 is 18.8 Å². The maximum atomic E-state index is 12.6. The number of benzene rings is 2. The van der Waals surface area contributed by atoms with Gasteiger partial charge in [-0.15, -0.1) is 11.8 Å². The average molecular weight is 493 g/mol. The zero-order valence-electron chi connectivity index (χ0n) is 17.3. The largest absolute Gasteiger partial charge is 0.486 e. The number of carbonyl (C=O) groups is 2. The van der Waals surface area contributed by atoms with E-state index in [1.54, 1.807) is 11.8 Å². The molecule has 32 heavy (non-hydrogen) atoms. The van der Waals surface area contributed by atoms with Crippen LogP contribution in [-0.2, 0) is 20.9 Å². The topological polar surface area (TPSA) is 79.1 Å². The summed E-state index contributed by atoms with van der Waals surface area (Å²) in [6.07, 6.45) is 0.464. The summed E-state index contributed by atoms with van der Waals surface area (Å²) in [4.78, 5) is 30.2. The molecule has 0 saturated heterocycles. The lowest BCUT2D eigenvalue weighted by Crippen LogP contribution is -2.19. The van der Waals surface area contributed by atoms with Crippen molar-refractivity contribution in [2.45, 2.75) is 24.3 Å². The van der Waals surface area contributed by atoms with Gasteiger partial charge in [0.25, 0.3) is 0 Å². The number of rotatable bonds is 7. The van der Waals surface area contributed by atoms with Crippen LogP contribution in [0.1, 0.15) is 12.8 Å². The third-order valence-corrected chi connectivity index (χ3v) is 7.04. The molecule has 0 atom stereocenters. The molecular formula is C22H21ClN2O5S2. The summed E-state index contributed by atoms with van der Waals surface area (Å²) >= 11 is 8.86. The Morgan fingerprint density at radius 3 is 2.59 bits per heavy atom. The number of halogens is 1. The quantitative estimate of drug-likeness (QED) is 0.361. The van der Waals surface area contributed by atoms with Gasteiger partial charge in [0.2, 0.25) is 5.91 Å². The molecule has 4 rings (SSSR count). The van der Waals surface area contributed by atoms with Gasteiger partial charge in [0.15, 0.2) is 16.3 Å². The lowest BCUT2D eigenvalue weighted by molar-refractivity contribution is -0.140. The summed E-state index contributed by atoms with van der Waals surface area (Å²) in [5, 5.41) is 0.680. The highest BCUT2D eigenvalue weighted by molar-refractivity contribution is 7.99. The first-order valence-electron chi connectivity index (χ1n) is 9.99. The van der Waals surface area contributed by atoms with Crippen molar-refractivity contribution in [3.8, 4) is 11.5 Å². The van der Waals surface area contributed by atoms with Crippen molar-refractivity contribution in [3.63, 3.8) is 0 Å². The first-order chi connectivity index (χ1) is 15.5. The second-order valence-corrected chi connectivity index (χ2v) is 9.50. The predicted molar refractivity (Wildman–Crippen MR) is 125 cm³/mol. The van der Waals surface area contributed by atoms with Gasteiger partial charge in [-0.2, -0.15) is 4.99 Å². The van der Waals surface area contributed by atoms with Crippen LogP contribution >= 0.6 is 34.7 Å². The molecule has 1 aliphatic heterocycles. The van der Waals surface area contributed by atoms with Gasteiger partial charge in [-0.25, -0.2) is 0 Å². The standard InChI is InChI=1S/C22H21ClN2O5S2/c1-28-21(27)6-8-25-16-12-17-18(30-10-9-29-17)13-19(16)32-22(25)24-20(26)7-11-31-15-4-2-14(23)3-5-15/h2-5,12-13H,6-11H2,1H3. The number of nitrogens with zero attached hydrogens (tertiary/aromatic N) is 2. The molecule has 0 N–H and O–H groups in total. The van der Waals surface area contributed by atoms with Gasteiger partial charge in [-0.3, -0.25) is 9.59 Å². The van der Waals surface area contributed by atoms with E-state index in [-0.39, 0.29) is 18.3 Å². The Hall–Kier alpha value is -2.49. The molecule has 168 valence electrons. The third kappa shape index (κ3) is 5.46. The van der Waals surface area contributed by atoms with E-state index < -0.39 is 0 Å². The van der Waals surface area contributed by atoms with Gasteiger partial charge >= 0.3 is 5.97 Å². The predicted octanol–water partition coefficient (Wildman–Crippen LogP) is 4.30. The summed E-state index contributed by atoms with van der Waals surface area (Å²) in [7, 11) is 1.35. The number of hydrogen-bond acceptors (Lipinski definition) is 7. The van der Waals surface area contributed by atoms with Crippen LogP contribution in [0.2, 0.25) is 5.02 Å². The van der Waals surface area contributed by atoms with Crippen molar-refractivity contribution < 1.29 is 23.8 Å². The smallest absolute Gasteiger partial charge is 0.307 e. The normalized spacial score (nSPS) is 13.4. The lowest BCUT2D eigenvalue weighted by Gasteiger charge is -2.18. The van der Waals surface area contributed by atoms with Crippen molar-refractivity contribution in [1.82, 2.24) is 4.57 Å². The summed E-state index contributed by atoms with van der Waals surface area (Å²) in [5.41, 5.74) is 0.838. The Morgan fingerprint density at radius 1 is 1.16 bits per heavy atom. The van der Waals surface area contributed by atoms with Crippen LogP contribution < -0.4 is 14.3 Å². The second-order valence-electron chi connectivity index (χ2n) is 6.88.